The molecule has 0 radical (unpaired) electrons. The first-order chi connectivity index (χ1) is 12.4. The first kappa shape index (κ1) is 19.2. The first-order valence-electron chi connectivity index (χ1n) is 7.44. The molecule has 5 nitrogen and oxygen atoms in total. The van der Waals surface area contributed by atoms with E-state index in [1.54, 1.807) is 25.1 Å². The number of nitrogens with zero attached hydrogens (tertiary/aromatic N) is 2. The van der Waals surface area contributed by atoms with Gasteiger partial charge in [0.15, 0.2) is 0 Å². The van der Waals surface area contributed by atoms with Gasteiger partial charge in [0.05, 0.1) is 16.0 Å². The average Bonchev–Trinajstić information content (AvgIpc) is 3.06. The summed E-state index contributed by atoms with van der Waals surface area (Å²) in [6.07, 6.45) is 0. The van der Waals surface area contributed by atoms with Gasteiger partial charge in [-0.25, -0.2) is 0 Å². The number of amides is 1. The van der Waals surface area contributed by atoms with Gasteiger partial charge < -0.3 is 9.73 Å². The molecule has 0 saturated carbocycles. The number of hydrogen-bond donors (Lipinski definition) is 1. The number of anilines is 1. The first-order valence-corrected chi connectivity index (χ1v) is 9.87. The summed E-state index contributed by atoms with van der Waals surface area (Å²) in [4.78, 5) is 12.4. The van der Waals surface area contributed by atoms with Crippen LogP contribution in [0.5, 0.6) is 0 Å². The molecule has 0 aliphatic heterocycles. The fraction of sp³-hybridized carbons (Fsp3) is 0.118. The van der Waals surface area contributed by atoms with Crippen molar-refractivity contribution in [3.8, 4) is 11.5 Å². The van der Waals surface area contributed by atoms with Crippen LogP contribution < -0.4 is 5.32 Å². The molecule has 1 unspecified atom stereocenters. The maximum absolute atomic E-state index is 12.4. The third-order valence-electron chi connectivity index (χ3n) is 3.31. The zero-order chi connectivity index (χ0) is 18.7. The third-order valence-corrected chi connectivity index (χ3v) is 5.30. The highest BCUT2D eigenvalue weighted by Gasteiger charge is 2.20. The number of benzene rings is 2. The Bertz CT molecular complexity index is 951. The summed E-state index contributed by atoms with van der Waals surface area (Å²) in [5.41, 5.74) is 1.25. The molecule has 134 valence electrons. The molecule has 1 aromatic heterocycles. The molecule has 9 heteroatoms. The van der Waals surface area contributed by atoms with E-state index in [1.807, 2.05) is 24.3 Å². The summed E-state index contributed by atoms with van der Waals surface area (Å²) in [6.45, 7) is 1.74. The van der Waals surface area contributed by atoms with Gasteiger partial charge in [-0.1, -0.05) is 57.0 Å². The number of carbonyl (C=O) groups is 1. The van der Waals surface area contributed by atoms with Crippen LogP contribution in [0.3, 0.4) is 0 Å². The Balaban J connectivity index is 1.67. The van der Waals surface area contributed by atoms with E-state index in [-0.39, 0.29) is 5.91 Å². The van der Waals surface area contributed by atoms with Crippen LogP contribution in [0.4, 0.5) is 5.69 Å². The van der Waals surface area contributed by atoms with Crippen molar-refractivity contribution in [1.29, 1.82) is 0 Å². The van der Waals surface area contributed by atoms with Crippen molar-refractivity contribution in [2.75, 3.05) is 5.32 Å². The van der Waals surface area contributed by atoms with Crippen LogP contribution >= 0.6 is 50.9 Å². The minimum Gasteiger partial charge on any atom is -0.411 e. The molecule has 3 rings (SSSR count). The molecule has 0 aliphatic carbocycles. The van der Waals surface area contributed by atoms with Crippen molar-refractivity contribution in [3.63, 3.8) is 0 Å². The van der Waals surface area contributed by atoms with E-state index < -0.39 is 5.25 Å². The van der Waals surface area contributed by atoms with Crippen molar-refractivity contribution in [1.82, 2.24) is 10.2 Å². The fourth-order valence-electron chi connectivity index (χ4n) is 2.03. The average molecular weight is 473 g/mol. The lowest BCUT2D eigenvalue weighted by Gasteiger charge is -2.11. The zero-order valence-electron chi connectivity index (χ0n) is 13.4. The standard InChI is InChI=1S/C17H12BrCl2N3O2S/c1-9(15(24)21-14-8-12(19)5-6-13(14)20)26-17-23-22-16(25-17)10-3-2-4-11(18)7-10/h2-9H,1H3,(H,21,24). The van der Waals surface area contributed by atoms with Gasteiger partial charge in [0.2, 0.25) is 11.8 Å². The van der Waals surface area contributed by atoms with E-state index in [9.17, 15) is 4.79 Å². The van der Waals surface area contributed by atoms with Crippen molar-refractivity contribution < 1.29 is 9.21 Å². The Hall–Kier alpha value is -1.54. The van der Waals surface area contributed by atoms with Crippen molar-refractivity contribution in [2.45, 2.75) is 17.4 Å². The number of aromatic nitrogens is 2. The van der Waals surface area contributed by atoms with Gasteiger partial charge in [0.25, 0.3) is 5.22 Å². The topological polar surface area (TPSA) is 68.0 Å². The van der Waals surface area contributed by atoms with Gasteiger partial charge >= 0.3 is 0 Å². The van der Waals surface area contributed by atoms with E-state index in [2.05, 4.69) is 31.4 Å². The Morgan fingerprint density at radius 2 is 2.04 bits per heavy atom. The molecule has 1 amide bonds. The zero-order valence-corrected chi connectivity index (χ0v) is 17.3. The minimum absolute atomic E-state index is 0.249. The molecule has 0 fully saturated rings. The van der Waals surface area contributed by atoms with Crippen LogP contribution in [0.2, 0.25) is 10.0 Å². The molecule has 26 heavy (non-hydrogen) atoms. The molecule has 0 saturated heterocycles. The molecule has 3 aromatic rings. The monoisotopic (exact) mass is 471 g/mol. The minimum atomic E-state index is -0.471. The number of hydrogen-bond acceptors (Lipinski definition) is 5. The number of halogens is 3. The van der Waals surface area contributed by atoms with Crippen molar-refractivity contribution in [2.24, 2.45) is 0 Å². The maximum atomic E-state index is 12.4. The van der Waals surface area contributed by atoms with Crippen LogP contribution in [0.25, 0.3) is 11.5 Å². The van der Waals surface area contributed by atoms with E-state index in [1.165, 1.54) is 0 Å². The maximum Gasteiger partial charge on any atom is 0.277 e. The van der Waals surface area contributed by atoms with Crippen LogP contribution in [-0.4, -0.2) is 21.4 Å². The summed E-state index contributed by atoms with van der Waals surface area (Å²) in [7, 11) is 0. The van der Waals surface area contributed by atoms with Crippen LogP contribution in [-0.2, 0) is 4.79 Å². The van der Waals surface area contributed by atoms with E-state index in [0.29, 0.717) is 26.8 Å². The van der Waals surface area contributed by atoms with Crippen molar-refractivity contribution >= 4 is 62.5 Å². The van der Waals surface area contributed by atoms with Gasteiger partial charge in [-0.15, -0.1) is 10.2 Å². The smallest absolute Gasteiger partial charge is 0.277 e. The number of thioether (sulfide) groups is 1. The Morgan fingerprint density at radius 3 is 2.81 bits per heavy atom. The summed E-state index contributed by atoms with van der Waals surface area (Å²) in [5.74, 6) is 0.140. The predicted octanol–water partition coefficient (Wildman–Crippen LogP) is 5.93. The predicted molar refractivity (Wildman–Crippen MR) is 108 cm³/mol. The Kier molecular flexibility index (Phi) is 6.24. The Morgan fingerprint density at radius 1 is 1.23 bits per heavy atom. The number of rotatable bonds is 5. The molecule has 0 bridgehead atoms. The normalized spacial score (nSPS) is 12.0. The van der Waals surface area contributed by atoms with Crippen molar-refractivity contribution in [3.05, 3.63) is 57.0 Å². The molecule has 1 heterocycles. The van der Waals surface area contributed by atoms with Crippen LogP contribution in [0.15, 0.2) is 56.6 Å². The quantitative estimate of drug-likeness (QED) is 0.466. The summed E-state index contributed by atoms with van der Waals surface area (Å²) in [5, 5.41) is 11.5. The summed E-state index contributed by atoms with van der Waals surface area (Å²) < 4.78 is 6.54. The molecule has 0 spiro atoms. The molecule has 0 aliphatic rings. The lowest BCUT2D eigenvalue weighted by atomic mass is 10.2. The largest absolute Gasteiger partial charge is 0.411 e. The van der Waals surface area contributed by atoms with E-state index in [0.717, 1.165) is 21.8 Å². The van der Waals surface area contributed by atoms with Crippen LogP contribution in [0, 0.1) is 0 Å². The molecule has 1 atom stereocenters. The fourth-order valence-corrected chi connectivity index (χ4v) is 3.45. The highest BCUT2D eigenvalue weighted by Crippen LogP contribution is 2.29. The van der Waals surface area contributed by atoms with Gasteiger partial charge in [-0.3, -0.25) is 4.79 Å². The highest BCUT2D eigenvalue weighted by molar-refractivity contribution is 9.10. The SMILES string of the molecule is CC(Sc1nnc(-c2cccc(Br)c2)o1)C(=O)Nc1cc(Cl)ccc1Cl. The van der Waals surface area contributed by atoms with Gasteiger partial charge in [-0.05, 0) is 43.3 Å². The molecule has 1 N–H and O–H groups in total. The van der Waals surface area contributed by atoms with E-state index >= 15 is 0 Å². The van der Waals surface area contributed by atoms with Gasteiger partial charge in [0.1, 0.15) is 0 Å². The van der Waals surface area contributed by atoms with Gasteiger partial charge in [0, 0.05) is 15.1 Å². The van der Waals surface area contributed by atoms with Gasteiger partial charge in [-0.2, -0.15) is 0 Å². The summed E-state index contributed by atoms with van der Waals surface area (Å²) in [6, 6.07) is 12.4. The Labute approximate surface area is 172 Å². The van der Waals surface area contributed by atoms with E-state index in [4.69, 9.17) is 27.6 Å². The number of carbonyl (C=O) groups excluding carboxylic acids is 1. The third kappa shape index (κ3) is 4.79. The highest BCUT2D eigenvalue weighted by atomic mass is 79.9. The lowest BCUT2D eigenvalue weighted by Crippen LogP contribution is -2.22. The second-order valence-electron chi connectivity index (χ2n) is 5.26. The summed E-state index contributed by atoms with van der Waals surface area (Å²) >= 11 is 16.6. The lowest BCUT2D eigenvalue weighted by molar-refractivity contribution is -0.115. The second kappa shape index (κ2) is 8.43. The molecular formula is C17H12BrCl2N3O2S. The van der Waals surface area contributed by atoms with Crippen LogP contribution in [0.1, 0.15) is 6.92 Å². The number of nitrogens with one attached hydrogen (secondary N) is 1. The second-order valence-corrected chi connectivity index (χ2v) is 8.31. The molecular weight excluding hydrogens is 461 g/mol. The molecule has 2 aromatic carbocycles.